The molecule has 1 amide bonds. The molecular formula is C26H37N5O3S. The van der Waals surface area contributed by atoms with Gasteiger partial charge in [0.1, 0.15) is 22.7 Å². The number of carbonyl (C=O) groups excluding carboxylic acids is 1. The highest BCUT2D eigenvalue weighted by atomic mass is 32.1. The number of aliphatic hydroxyl groups is 1. The molecule has 2 heterocycles. The van der Waals surface area contributed by atoms with Crippen molar-refractivity contribution in [1.82, 2.24) is 20.2 Å². The summed E-state index contributed by atoms with van der Waals surface area (Å²) in [6.07, 6.45) is 4.26. The van der Waals surface area contributed by atoms with Crippen LogP contribution < -0.4 is 15.4 Å². The molecular weight excluding hydrogens is 462 g/mol. The molecule has 0 aliphatic rings. The number of fused-ring (bicyclic) bond motifs is 1. The summed E-state index contributed by atoms with van der Waals surface area (Å²) < 4.78 is 6.19. The Morgan fingerprint density at radius 1 is 1.23 bits per heavy atom. The maximum atomic E-state index is 12.8. The molecule has 1 aromatic carbocycles. The number of carbonyl (C=O) groups is 1. The first-order chi connectivity index (χ1) is 16.8. The van der Waals surface area contributed by atoms with Gasteiger partial charge in [0.25, 0.3) is 5.91 Å². The van der Waals surface area contributed by atoms with Gasteiger partial charge < -0.3 is 25.4 Å². The van der Waals surface area contributed by atoms with Crippen LogP contribution in [0.3, 0.4) is 0 Å². The van der Waals surface area contributed by atoms with Crippen molar-refractivity contribution in [2.75, 3.05) is 32.5 Å². The summed E-state index contributed by atoms with van der Waals surface area (Å²) in [6, 6.07) is 7.72. The number of nitrogens with one attached hydrogen (secondary N) is 2. The fraction of sp³-hybridized carbons (Fsp3) is 0.500. The molecule has 0 aliphatic heterocycles. The molecule has 2 unspecified atom stereocenters. The Bertz CT molecular complexity index is 1120. The van der Waals surface area contributed by atoms with Gasteiger partial charge in [-0.05, 0) is 77.9 Å². The molecule has 0 saturated carbocycles. The number of benzene rings is 1. The van der Waals surface area contributed by atoms with E-state index in [1.807, 2.05) is 59.1 Å². The molecule has 190 valence electrons. The number of nitrogens with zero attached hydrogens (tertiary/aromatic N) is 3. The average Bonchev–Trinajstić information content (AvgIpc) is 3.18. The van der Waals surface area contributed by atoms with Gasteiger partial charge in [0.15, 0.2) is 0 Å². The van der Waals surface area contributed by atoms with Gasteiger partial charge in [-0.1, -0.05) is 19.1 Å². The average molecular weight is 500 g/mol. The van der Waals surface area contributed by atoms with Gasteiger partial charge in [0, 0.05) is 6.54 Å². The first-order valence-corrected chi connectivity index (χ1v) is 13.0. The molecule has 0 saturated heterocycles. The van der Waals surface area contributed by atoms with Crippen molar-refractivity contribution in [2.45, 2.75) is 58.7 Å². The topological polar surface area (TPSA) is 99.6 Å². The summed E-state index contributed by atoms with van der Waals surface area (Å²) in [5.74, 6) is 1.27. The number of aliphatic hydroxyl groups excluding tert-OH is 1. The molecule has 35 heavy (non-hydrogen) atoms. The number of rotatable bonds is 13. The van der Waals surface area contributed by atoms with Crippen LogP contribution in [0.15, 0.2) is 30.6 Å². The van der Waals surface area contributed by atoms with Crippen LogP contribution >= 0.6 is 11.3 Å². The molecule has 0 bridgehead atoms. The summed E-state index contributed by atoms with van der Waals surface area (Å²) in [6.45, 7) is 7.47. The van der Waals surface area contributed by atoms with Gasteiger partial charge in [-0.25, -0.2) is 9.97 Å². The number of anilines is 2. The lowest BCUT2D eigenvalue weighted by Crippen LogP contribution is -2.26. The monoisotopic (exact) mass is 499 g/mol. The number of ether oxygens (including phenoxy) is 1. The van der Waals surface area contributed by atoms with E-state index in [0.29, 0.717) is 29.4 Å². The van der Waals surface area contributed by atoms with Gasteiger partial charge >= 0.3 is 0 Å². The van der Waals surface area contributed by atoms with Crippen molar-refractivity contribution in [1.29, 1.82) is 0 Å². The number of aromatic nitrogens is 2. The lowest BCUT2D eigenvalue weighted by molar-refractivity contribution is 0.0956. The zero-order valence-corrected chi connectivity index (χ0v) is 22.1. The minimum atomic E-state index is -0.301. The van der Waals surface area contributed by atoms with Crippen LogP contribution in [0.5, 0.6) is 5.75 Å². The Morgan fingerprint density at radius 3 is 2.74 bits per heavy atom. The Labute approximate surface area is 211 Å². The van der Waals surface area contributed by atoms with Crippen LogP contribution in [0.4, 0.5) is 11.5 Å². The van der Waals surface area contributed by atoms with Crippen molar-refractivity contribution >= 4 is 39.0 Å². The molecule has 3 aromatic rings. The van der Waals surface area contributed by atoms with Crippen LogP contribution in [-0.2, 0) is 0 Å². The maximum absolute atomic E-state index is 12.8. The van der Waals surface area contributed by atoms with Crippen molar-refractivity contribution in [3.05, 3.63) is 41.0 Å². The highest BCUT2D eigenvalue weighted by molar-refractivity contribution is 7.20. The molecule has 0 fully saturated rings. The van der Waals surface area contributed by atoms with Crippen LogP contribution in [0.2, 0.25) is 0 Å². The van der Waals surface area contributed by atoms with Gasteiger partial charge in [0.05, 0.1) is 28.2 Å². The number of amides is 1. The Morgan fingerprint density at radius 2 is 2.00 bits per heavy atom. The van der Waals surface area contributed by atoms with Gasteiger partial charge in [-0.2, -0.15) is 0 Å². The fourth-order valence-electron chi connectivity index (χ4n) is 3.77. The second kappa shape index (κ2) is 12.8. The Hall–Kier alpha value is -2.75. The summed E-state index contributed by atoms with van der Waals surface area (Å²) in [7, 11) is 4.04. The zero-order valence-electron chi connectivity index (χ0n) is 21.3. The van der Waals surface area contributed by atoms with Gasteiger partial charge in [0.2, 0.25) is 0 Å². The summed E-state index contributed by atoms with van der Waals surface area (Å²) in [5.41, 5.74) is 1.65. The molecule has 0 spiro atoms. The minimum Gasteiger partial charge on any atom is -0.489 e. The van der Waals surface area contributed by atoms with E-state index in [1.165, 1.54) is 17.7 Å². The highest BCUT2D eigenvalue weighted by Gasteiger charge is 2.20. The summed E-state index contributed by atoms with van der Waals surface area (Å²) >= 11 is 1.38. The SMILES string of the molecule is CCC(O)CCC(C)Oc1ccccc1Nc1ncnc2sc(C(=O)NCCCN(C)C)c(C)c12. The van der Waals surface area contributed by atoms with E-state index in [0.717, 1.165) is 47.3 Å². The standard InChI is InChI=1S/C26H37N5O3S/c1-6-19(32)13-12-17(2)34-21-11-8-7-10-20(21)30-24-22-18(3)23(35-26(22)29-16-28-24)25(33)27-14-9-15-31(4)5/h7-8,10-11,16-17,19,32H,6,9,12-15H2,1-5H3,(H,27,33)(H,28,29,30). The Kier molecular flexibility index (Phi) is 9.83. The van der Waals surface area contributed by atoms with Gasteiger partial charge in [-0.3, -0.25) is 4.79 Å². The van der Waals surface area contributed by atoms with Crippen LogP contribution in [0.25, 0.3) is 10.2 Å². The van der Waals surface area contributed by atoms with Crippen molar-refractivity contribution in [2.24, 2.45) is 0 Å². The van der Waals surface area contributed by atoms with E-state index >= 15 is 0 Å². The van der Waals surface area contributed by atoms with E-state index in [1.54, 1.807) is 0 Å². The number of para-hydroxylation sites is 2. The van der Waals surface area contributed by atoms with Crippen LogP contribution in [-0.4, -0.2) is 65.3 Å². The predicted octanol–water partition coefficient (Wildman–Crippen LogP) is 4.74. The van der Waals surface area contributed by atoms with E-state index < -0.39 is 0 Å². The van der Waals surface area contributed by atoms with Crippen LogP contribution in [0.1, 0.15) is 54.8 Å². The summed E-state index contributed by atoms with van der Waals surface area (Å²) in [4.78, 5) is 25.2. The maximum Gasteiger partial charge on any atom is 0.261 e. The first-order valence-electron chi connectivity index (χ1n) is 12.2. The van der Waals surface area contributed by atoms with Crippen molar-refractivity contribution in [3.63, 3.8) is 0 Å². The smallest absolute Gasteiger partial charge is 0.261 e. The number of thiophene rings is 1. The van der Waals surface area contributed by atoms with E-state index in [-0.39, 0.29) is 18.1 Å². The second-order valence-electron chi connectivity index (χ2n) is 9.06. The molecule has 0 aliphatic carbocycles. The third-order valence-corrected chi connectivity index (χ3v) is 7.05. The molecule has 3 N–H and O–H groups in total. The van der Waals surface area contributed by atoms with E-state index in [2.05, 4.69) is 25.5 Å². The van der Waals surface area contributed by atoms with Crippen molar-refractivity contribution < 1.29 is 14.6 Å². The molecule has 2 atom stereocenters. The molecule has 2 aromatic heterocycles. The number of hydrogen-bond donors (Lipinski definition) is 3. The Balaban J connectivity index is 1.77. The normalized spacial score (nSPS) is 13.1. The predicted molar refractivity (Wildman–Crippen MR) is 143 cm³/mol. The molecule has 3 rings (SSSR count). The van der Waals surface area contributed by atoms with E-state index in [9.17, 15) is 9.90 Å². The third kappa shape index (κ3) is 7.37. The quantitative estimate of drug-likeness (QED) is 0.292. The first kappa shape index (κ1) is 26.8. The number of aryl methyl sites for hydroxylation is 1. The van der Waals surface area contributed by atoms with Crippen LogP contribution in [0, 0.1) is 6.92 Å². The summed E-state index contributed by atoms with van der Waals surface area (Å²) in [5, 5.41) is 17.1. The molecule has 0 radical (unpaired) electrons. The van der Waals surface area contributed by atoms with E-state index in [4.69, 9.17) is 4.74 Å². The number of hydrogen-bond acceptors (Lipinski definition) is 8. The fourth-order valence-corrected chi connectivity index (χ4v) is 4.83. The lowest BCUT2D eigenvalue weighted by atomic mass is 10.1. The lowest BCUT2D eigenvalue weighted by Gasteiger charge is -2.19. The zero-order chi connectivity index (χ0) is 25.4. The molecule has 9 heteroatoms. The highest BCUT2D eigenvalue weighted by Crippen LogP contribution is 2.36. The third-order valence-electron chi connectivity index (χ3n) is 5.85. The largest absolute Gasteiger partial charge is 0.489 e. The molecule has 8 nitrogen and oxygen atoms in total. The van der Waals surface area contributed by atoms with Crippen molar-refractivity contribution in [3.8, 4) is 5.75 Å². The second-order valence-corrected chi connectivity index (χ2v) is 10.1. The van der Waals surface area contributed by atoms with Gasteiger partial charge in [-0.15, -0.1) is 11.3 Å². The minimum absolute atomic E-state index is 0.0461.